The number of rotatable bonds is 5. The van der Waals surface area contributed by atoms with Crippen molar-refractivity contribution in [3.05, 3.63) is 70.4 Å². The summed E-state index contributed by atoms with van der Waals surface area (Å²) < 4.78 is 27.4. The molecular formula is C21H19F2N5O2S. The van der Waals surface area contributed by atoms with Crippen LogP contribution in [0.2, 0.25) is 0 Å². The van der Waals surface area contributed by atoms with E-state index < -0.39 is 17.4 Å². The number of nitrogens with one attached hydrogen (secondary N) is 1. The minimum absolute atomic E-state index is 0.0357. The maximum atomic E-state index is 13.9. The van der Waals surface area contributed by atoms with Crippen LogP contribution in [0.5, 0.6) is 0 Å². The minimum atomic E-state index is -0.819. The summed E-state index contributed by atoms with van der Waals surface area (Å²) in [7, 11) is 0. The predicted octanol–water partition coefficient (Wildman–Crippen LogP) is 3.35. The fraction of sp³-hybridized carbons (Fsp3) is 0.238. The van der Waals surface area contributed by atoms with Gasteiger partial charge in [-0.1, -0.05) is 11.3 Å². The molecular weight excluding hydrogens is 424 g/mol. The number of aromatic nitrogens is 2. The molecule has 1 aliphatic rings. The zero-order valence-corrected chi connectivity index (χ0v) is 17.2. The molecule has 2 aromatic heterocycles. The van der Waals surface area contributed by atoms with Gasteiger partial charge in [-0.3, -0.25) is 14.6 Å². The Morgan fingerprint density at radius 1 is 1.13 bits per heavy atom. The SMILES string of the molecule is Nc1nc(NC2CCN(C(=O)c3ccncc3)CC2)sc1C(=O)c1cc(F)ccc1F. The van der Waals surface area contributed by atoms with Crippen molar-refractivity contribution in [3.63, 3.8) is 0 Å². The molecule has 1 saturated heterocycles. The third-order valence-corrected chi connectivity index (χ3v) is 6.07. The van der Waals surface area contributed by atoms with Gasteiger partial charge in [0.05, 0.1) is 5.56 Å². The Balaban J connectivity index is 1.40. The average Bonchev–Trinajstić information content (AvgIpc) is 3.15. The molecule has 0 spiro atoms. The van der Waals surface area contributed by atoms with Gasteiger partial charge in [-0.15, -0.1) is 0 Å². The van der Waals surface area contributed by atoms with Gasteiger partial charge in [0.2, 0.25) is 5.78 Å². The molecule has 3 N–H and O–H groups in total. The topological polar surface area (TPSA) is 101 Å². The number of amides is 1. The lowest BCUT2D eigenvalue weighted by Gasteiger charge is -2.32. The third kappa shape index (κ3) is 4.53. The number of likely N-dealkylation sites (tertiary alicyclic amines) is 1. The van der Waals surface area contributed by atoms with Crippen molar-refractivity contribution >= 4 is 34.0 Å². The molecule has 1 fully saturated rings. The minimum Gasteiger partial charge on any atom is -0.382 e. The number of nitrogens with two attached hydrogens (primary N) is 1. The van der Waals surface area contributed by atoms with E-state index in [0.29, 0.717) is 36.6 Å². The molecule has 31 heavy (non-hydrogen) atoms. The molecule has 0 radical (unpaired) electrons. The number of ketones is 1. The highest BCUT2D eigenvalue weighted by Crippen LogP contribution is 2.30. The van der Waals surface area contributed by atoms with Crippen molar-refractivity contribution in [2.75, 3.05) is 24.1 Å². The number of benzene rings is 1. The maximum absolute atomic E-state index is 13.9. The first kappa shape index (κ1) is 20.9. The van der Waals surface area contributed by atoms with Crippen molar-refractivity contribution in [2.45, 2.75) is 18.9 Å². The number of nitrogens with zero attached hydrogens (tertiary/aromatic N) is 3. The Hall–Kier alpha value is -3.40. The van der Waals surface area contributed by atoms with E-state index >= 15 is 0 Å². The van der Waals surface area contributed by atoms with Crippen molar-refractivity contribution in [3.8, 4) is 0 Å². The van der Waals surface area contributed by atoms with Crippen LogP contribution in [0, 0.1) is 11.6 Å². The second-order valence-corrected chi connectivity index (χ2v) is 8.13. The molecule has 3 aromatic rings. The van der Waals surface area contributed by atoms with Crippen molar-refractivity contribution in [2.24, 2.45) is 0 Å². The van der Waals surface area contributed by atoms with Crippen LogP contribution in [0.15, 0.2) is 42.7 Å². The largest absolute Gasteiger partial charge is 0.382 e. The van der Waals surface area contributed by atoms with Crippen LogP contribution in [-0.2, 0) is 0 Å². The number of thiazole rings is 1. The average molecular weight is 443 g/mol. The second kappa shape index (κ2) is 8.76. The molecule has 4 rings (SSSR count). The van der Waals surface area contributed by atoms with Crippen LogP contribution in [0.25, 0.3) is 0 Å². The third-order valence-electron chi connectivity index (χ3n) is 5.07. The van der Waals surface area contributed by atoms with Gasteiger partial charge in [0.15, 0.2) is 5.13 Å². The molecule has 0 atom stereocenters. The highest BCUT2D eigenvalue weighted by molar-refractivity contribution is 7.18. The monoisotopic (exact) mass is 443 g/mol. The number of pyridine rings is 1. The van der Waals surface area contributed by atoms with E-state index in [1.807, 2.05) is 0 Å². The molecule has 3 heterocycles. The zero-order valence-electron chi connectivity index (χ0n) is 16.3. The standard InChI is InChI=1S/C21H19F2N5O2S/c22-13-1-2-16(23)15(11-13)17(29)18-19(24)27-21(31-18)26-14-5-9-28(10-6-14)20(30)12-3-7-25-8-4-12/h1-4,7-8,11,14H,5-6,9-10,24H2,(H,26,27). The predicted molar refractivity (Wildman–Crippen MR) is 113 cm³/mol. The molecule has 0 bridgehead atoms. The highest BCUT2D eigenvalue weighted by Gasteiger charge is 2.26. The quantitative estimate of drug-likeness (QED) is 0.587. The highest BCUT2D eigenvalue weighted by atomic mass is 32.1. The number of hydrogen-bond acceptors (Lipinski definition) is 7. The second-order valence-electron chi connectivity index (χ2n) is 7.13. The van der Waals surface area contributed by atoms with E-state index in [1.165, 1.54) is 0 Å². The Bertz CT molecular complexity index is 1110. The molecule has 1 aliphatic heterocycles. The van der Waals surface area contributed by atoms with E-state index in [-0.39, 0.29) is 28.2 Å². The van der Waals surface area contributed by atoms with Crippen molar-refractivity contribution < 1.29 is 18.4 Å². The Labute approximate surface area is 180 Å². The summed E-state index contributed by atoms with van der Waals surface area (Å²) in [6.45, 7) is 1.14. The number of nitrogen functional groups attached to an aromatic ring is 1. The van der Waals surface area contributed by atoms with Crippen LogP contribution in [0.4, 0.5) is 19.7 Å². The number of hydrogen-bond donors (Lipinski definition) is 2. The van der Waals surface area contributed by atoms with Crippen LogP contribution in [-0.4, -0.2) is 45.7 Å². The lowest BCUT2D eigenvalue weighted by molar-refractivity contribution is 0.0718. The smallest absolute Gasteiger partial charge is 0.253 e. The van der Waals surface area contributed by atoms with Gasteiger partial charge in [0.1, 0.15) is 22.3 Å². The van der Waals surface area contributed by atoms with Gasteiger partial charge in [-0.05, 0) is 43.2 Å². The van der Waals surface area contributed by atoms with Gasteiger partial charge in [-0.2, -0.15) is 0 Å². The van der Waals surface area contributed by atoms with Crippen LogP contribution >= 0.6 is 11.3 Å². The number of carbonyl (C=O) groups is 2. The summed E-state index contributed by atoms with van der Waals surface area (Å²) in [5.74, 6) is -2.31. The van der Waals surface area contributed by atoms with Gasteiger partial charge in [0.25, 0.3) is 5.91 Å². The molecule has 0 aliphatic carbocycles. The lowest BCUT2D eigenvalue weighted by atomic mass is 10.0. The Morgan fingerprint density at radius 2 is 1.84 bits per heavy atom. The first-order chi connectivity index (χ1) is 14.9. The lowest BCUT2D eigenvalue weighted by Crippen LogP contribution is -2.42. The van der Waals surface area contributed by atoms with Crippen molar-refractivity contribution in [1.29, 1.82) is 0 Å². The first-order valence-corrected chi connectivity index (χ1v) is 10.5. The van der Waals surface area contributed by atoms with Crippen LogP contribution in [0.1, 0.15) is 38.4 Å². The first-order valence-electron chi connectivity index (χ1n) is 9.64. The fourth-order valence-corrected chi connectivity index (χ4v) is 4.34. The molecule has 160 valence electrons. The zero-order chi connectivity index (χ0) is 22.0. The van der Waals surface area contributed by atoms with Crippen LogP contribution < -0.4 is 11.1 Å². The van der Waals surface area contributed by atoms with E-state index in [9.17, 15) is 18.4 Å². The molecule has 0 unspecified atom stereocenters. The van der Waals surface area contributed by atoms with Gasteiger partial charge >= 0.3 is 0 Å². The fourth-order valence-electron chi connectivity index (χ4n) is 3.43. The van der Waals surface area contributed by atoms with E-state index in [2.05, 4.69) is 15.3 Å². The summed E-state index contributed by atoms with van der Waals surface area (Å²) in [6.07, 6.45) is 4.56. The maximum Gasteiger partial charge on any atom is 0.253 e. The Kier molecular flexibility index (Phi) is 5.90. The molecule has 1 amide bonds. The summed E-state index contributed by atoms with van der Waals surface area (Å²) in [5, 5.41) is 3.66. The Morgan fingerprint density at radius 3 is 2.55 bits per heavy atom. The summed E-state index contributed by atoms with van der Waals surface area (Å²) in [6, 6.07) is 6.11. The van der Waals surface area contributed by atoms with Crippen LogP contribution in [0.3, 0.4) is 0 Å². The summed E-state index contributed by atoms with van der Waals surface area (Å²) in [5.41, 5.74) is 6.08. The van der Waals surface area contributed by atoms with E-state index in [1.54, 1.807) is 29.4 Å². The summed E-state index contributed by atoms with van der Waals surface area (Å²) in [4.78, 5) is 35.1. The van der Waals surface area contributed by atoms with Gasteiger partial charge < -0.3 is 16.0 Å². The van der Waals surface area contributed by atoms with E-state index in [0.717, 1.165) is 29.5 Å². The van der Waals surface area contributed by atoms with E-state index in [4.69, 9.17) is 5.73 Å². The summed E-state index contributed by atoms with van der Waals surface area (Å²) >= 11 is 1.00. The van der Waals surface area contributed by atoms with Gasteiger partial charge in [0, 0.05) is 37.1 Å². The molecule has 7 nitrogen and oxygen atoms in total. The van der Waals surface area contributed by atoms with Gasteiger partial charge in [-0.25, -0.2) is 13.8 Å². The molecule has 0 saturated carbocycles. The number of anilines is 2. The number of piperidine rings is 1. The molecule has 1 aromatic carbocycles. The van der Waals surface area contributed by atoms with Crippen molar-refractivity contribution in [1.82, 2.24) is 14.9 Å². The molecule has 10 heteroatoms. The number of carbonyl (C=O) groups excluding carboxylic acids is 2. The normalized spacial score (nSPS) is 14.5. The number of halogens is 2.